The van der Waals surface area contributed by atoms with Gasteiger partial charge in [0.05, 0.1) is 12.6 Å². The van der Waals surface area contributed by atoms with E-state index in [9.17, 15) is 4.79 Å². The number of aliphatic imine (C=N–C) groups is 1. The van der Waals surface area contributed by atoms with E-state index in [2.05, 4.69) is 48.2 Å². The van der Waals surface area contributed by atoms with E-state index in [1.807, 2.05) is 4.90 Å². The molecule has 7 nitrogen and oxygen atoms in total. The molecule has 0 saturated carbocycles. The first kappa shape index (κ1) is 21.7. The molecule has 1 saturated heterocycles. The van der Waals surface area contributed by atoms with Crippen LogP contribution >= 0.6 is 0 Å². The molecule has 0 aliphatic carbocycles. The Balaban J connectivity index is 2.40. The van der Waals surface area contributed by atoms with Crippen LogP contribution in [0, 0.1) is 5.41 Å². The molecule has 1 unspecified atom stereocenters. The summed E-state index contributed by atoms with van der Waals surface area (Å²) in [6, 6.07) is 0. The Labute approximate surface area is 153 Å². The van der Waals surface area contributed by atoms with Crippen LogP contribution in [-0.2, 0) is 9.53 Å². The maximum absolute atomic E-state index is 11.4. The third-order valence-corrected chi connectivity index (χ3v) is 4.55. The molecular formula is C18H37N5O2. The normalized spacial score (nSPS) is 18.2. The fraction of sp³-hybridized carbons (Fsp3) is 0.889. The van der Waals surface area contributed by atoms with Crippen molar-refractivity contribution in [1.82, 2.24) is 20.4 Å². The number of piperazine rings is 1. The van der Waals surface area contributed by atoms with Gasteiger partial charge in [-0.3, -0.25) is 14.7 Å². The van der Waals surface area contributed by atoms with Gasteiger partial charge in [0.15, 0.2) is 5.96 Å². The lowest BCUT2D eigenvalue weighted by Crippen LogP contribution is -2.50. The third-order valence-electron chi connectivity index (χ3n) is 4.55. The van der Waals surface area contributed by atoms with Crippen molar-refractivity contribution in [2.45, 2.75) is 40.7 Å². The predicted molar refractivity (Wildman–Crippen MR) is 103 cm³/mol. The second kappa shape index (κ2) is 10.6. The molecule has 2 N–H and O–H groups in total. The first-order valence-electron chi connectivity index (χ1n) is 9.30. The number of nitrogens with one attached hydrogen (secondary N) is 2. The van der Waals surface area contributed by atoms with Crippen molar-refractivity contribution in [2.75, 3.05) is 59.5 Å². The van der Waals surface area contributed by atoms with Crippen LogP contribution in [0.4, 0.5) is 0 Å². The fourth-order valence-corrected chi connectivity index (χ4v) is 2.84. The molecule has 0 bridgehead atoms. The number of ether oxygens (including phenoxy) is 1. The molecule has 1 fully saturated rings. The average molecular weight is 356 g/mol. The zero-order chi connectivity index (χ0) is 18.9. The lowest BCUT2D eigenvalue weighted by Gasteiger charge is -2.34. The molecular weight excluding hydrogens is 318 g/mol. The fourth-order valence-electron chi connectivity index (χ4n) is 2.84. The molecule has 1 aliphatic heterocycles. The van der Waals surface area contributed by atoms with Crippen LogP contribution < -0.4 is 10.6 Å². The summed E-state index contributed by atoms with van der Waals surface area (Å²) in [5, 5.41) is 6.68. The number of hydrogen-bond donors (Lipinski definition) is 2. The zero-order valence-corrected chi connectivity index (χ0v) is 16.9. The molecule has 1 rings (SSSR count). The van der Waals surface area contributed by atoms with Crippen LogP contribution in [-0.4, -0.2) is 87.2 Å². The minimum absolute atomic E-state index is 0.0615. The van der Waals surface area contributed by atoms with Crippen molar-refractivity contribution in [3.63, 3.8) is 0 Å². The minimum atomic E-state index is 0.0615. The zero-order valence-electron chi connectivity index (χ0n) is 16.9. The lowest BCUT2D eigenvalue weighted by atomic mass is 9.89. The average Bonchev–Trinajstić information content (AvgIpc) is 2.54. The van der Waals surface area contributed by atoms with E-state index in [4.69, 9.17) is 4.74 Å². The van der Waals surface area contributed by atoms with Gasteiger partial charge in [-0.1, -0.05) is 20.8 Å². The van der Waals surface area contributed by atoms with Crippen molar-refractivity contribution in [1.29, 1.82) is 0 Å². The summed E-state index contributed by atoms with van der Waals surface area (Å²) in [6.45, 7) is 17.0. The molecule has 1 heterocycles. The van der Waals surface area contributed by atoms with Gasteiger partial charge in [-0.05, 0) is 12.3 Å². The summed E-state index contributed by atoms with van der Waals surface area (Å²) in [5.41, 5.74) is 0.0615. The second-order valence-corrected chi connectivity index (χ2v) is 7.58. The molecule has 0 aromatic heterocycles. The van der Waals surface area contributed by atoms with Gasteiger partial charge < -0.3 is 20.3 Å². The Morgan fingerprint density at radius 1 is 1.20 bits per heavy atom. The van der Waals surface area contributed by atoms with E-state index in [-0.39, 0.29) is 17.4 Å². The quantitative estimate of drug-likeness (QED) is 0.521. The Morgan fingerprint density at radius 3 is 2.32 bits per heavy atom. The number of rotatable bonds is 7. The summed E-state index contributed by atoms with van der Waals surface area (Å²) in [5.74, 6) is 1.00. The molecule has 0 aromatic rings. The van der Waals surface area contributed by atoms with Crippen LogP contribution in [0.15, 0.2) is 4.99 Å². The standard InChI is InChI=1S/C18H37N5O2/c1-7-19-17(21-14-16(25-6)18(3,4)5)20-8-9-22-10-12-23(13-11-22)15(2)24/h16H,7-14H2,1-6H3,(H2,19,20,21). The van der Waals surface area contributed by atoms with E-state index >= 15 is 0 Å². The van der Waals surface area contributed by atoms with Crippen LogP contribution in [0.5, 0.6) is 0 Å². The molecule has 1 aliphatic rings. The molecule has 25 heavy (non-hydrogen) atoms. The minimum Gasteiger partial charge on any atom is -0.379 e. The number of guanidine groups is 1. The van der Waals surface area contributed by atoms with E-state index in [1.54, 1.807) is 14.0 Å². The molecule has 7 heteroatoms. The molecule has 0 aromatic carbocycles. The number of carbonyl (C=O) groups excluding carboxylic acids is 1. The smallest absolute Gasteiger partial charge is 0.219 e. The monoisotopic (exact) mass is 355 g/mol. The SMILES string of the molecule is CCNC(=NCC(OC)C(C)(C)C)NCCN1CCN(C(C)=O)CC1. The molecule has 146 valence electrons. The summed E-state index contributed by atoms with van der Waals surface area (Å²) in [6.07, 6.45) is 0.0858. The highest BCUT2D eigenvalue weighted by Gasteiger charge is 2.24. The van der Waals surface area contributed by atoms with Gasteiger partial charge in [0.25, 0.3) is 0 Å². The maximum atomic E-state index is 11.4. The molecule has 1 atom stereocenters. The van der Waals surface area contributed by atoms with E-state index < -0.39 is 0 Å². The van der Waals surface area contributed by atoms with Gasteiger partial charge in [0, 0.05) is 59.8 Å². The third kappa shape index (κ3) is 8.05. The van der Waals surface area contributed by atoms with E-state index in [1.165, 1.54) is 0 Å². The van der Waals surface area contributed by atoms with Gasteiger partial charge in [0.1, 0.15) is 0 Å². The number of nitrogens with zero attached hydrogens (tertiary/aromatic N) is 3. The van der Waals surface area contributed by atoms with Crippen LogP contribution in [0.25, 0.3) is 0 Å². The predicted octanol–water partition coefficient (Wildman–Crippen LogP) is 0.767. The summed E-state index contributed by atoms with van der Waals surface area (Å²) < 4.78 is 5.57. The molecule has 0 spiro atoms. The molecule has 0 radical (unpaired) electrons. The van der Waals surface area contributed by atoms with Crippen molar-refractivity contribution < 1.29 is 9.53 Å². The van der Waals surface area contributed by atoms with Gasteiger partial charge >= 0.3 is 0 Å². The number of hydrogen-bond acceptors (Lipinski definition) is 4. The van der Waals surface area contributed by atoms with Crippen molar-refractivity contribution in [2.24, 2.45) is 10.4 Å². The van der Waals surface area contributed by atoms with Gasteiger partial charge in [-0.25, -0.2) is 0 Å². The maximum Gasteiger partial charge on any atom is 0.219 e. The number of methoxy groups -OCH3 is 1. The van der Waals surface area contributed by atoms with Gasteiger partial charge in [-0.2, -0.15) is 0 Å². The second-order valence-electron chi connectivity index (χ2n) is 7.58. The molecule has 1 amide bonds. The topological polar surface area (TPSA) is 69.2 Å². The Bertz CT molecular complexity index is 426. The van der Waals surface area contributed by atoms with Gasteiger partial charge in [0.2, 0.25) is 5.91 Å². The highest BCUT2D eigenvalue weighted by atomic mass is 16.5. The summed E-state index contributed by atoms with van der Waals surface area (Å²) >= 11 is 0. The first-order valence-corrected chi connectivity index (χ1v) is 9.30. The van der Waals surface area contributed by atoms with Gasteiger partial charge in [-0.15, -0.1) is 0 Å². The summed E-state index contributed by atoms with van der Waals surface area (Å²) in [4.78, 5) is 20.3. The lowest BCUT2D eigenvalue weighted by molar-refractivity contribution is -0.130. The number of carbonyl (C=O) groups is 1. The van der Waals surface area contributed by atoms with E-state index in [0.717, 1.165) is 51.8 Å². The van der Waals surface area contributed by atoms with E-state index in [0.29, 0.717) is 6.54 Å². The Kier molecular flexibility index (Phi) is 9.21. The summed E-state index contributed by atoms with van der Waals surface area (Å²) in [7, 11) is 1.74. The van der Waals surface area contributed by atoms with Crippen LogP contribution in [0.2, 0.25) is 0 Å². The Hall–Kier alpha value is -1.34. The van der Waals surface area contributed by atoms with Crippen molar-refractivity contribution >= 4 is 11.9 Å². The number of amides is 1. The highest BCUT2D eigenvalue weighted by molar-refractivity contribution is 5.79. The Morgan fingerprint density at radius 2 is 1.84 bits per heavy atom. The largest absolute Gasteiger partial charge is 0.379 e. The van der Waals surface area contributed by atoms with Crippen LogP contribution in [0.1, 0.15) is 34.6 Å². The van der Waals surface area contributed by atoms with Crippen molar-refractivity contribution in [3.8, 4) is 0 Å². The first-order chi connectivity index (χ1) is 11.8. The van der Waals surface area contributed by atoms with Crippen LogP contribution in [0.3, 0.4) is 0 Å². The highest BCUT2D eigenvalue weighted by Crippen LogP contribution is 2.21. The van der Waals surface area contributed by atoms with Crippen molar-refractivity contribution in [3.05, 3.63) is 0 Å².